The lowest BCUT2D eigenvalue weighted by Crippen LogP contribution is -2.55. The molecule has 0 aromatic heterocycles. The number of carbonyl (C=O) groups excluding carboxylic acids is 1. The molecule has 5 rings (SSSR count). The molecule has 34 heavy (non-hydrogen) atoms. The van der Waals surface area contributed by atoms with Crippen molar-refractivity contribution >= 4 is 17.8 Å². The number of fused-ring (bicyclic) bond motifs is 1. The van der Waals surface area contributed by atoms with Crippen molar-refractivity contribution in [2.24, 2.45) is 4.99 Å². The van der Waals surface area contributed by atoms with Gasteiger partial charge >= 0.3 is 0 Å². The molecule has 9 heteroatoms. The van der Waals surface area contributed by atoms with Gasteiger partial charge in [0.15, 0.2) is 0 Å². The van der Waals surface area contributed by atoms with E-state index in [1.54, 1.807) is 0 Å². The van der Waals surface area contributed by atoms with Gasteiger partial charge in [-0.1, -0.05) is 31.2 Å². The maximum Gasteiger partial charge on any atom is 0.251 e. The lowest BCUT2D eigenvalue weighted by Gasteiger charge is -2.34. The van der Waals surface area contributed by atoms with E-state index in [1.807, 2.05) is 54.7 Å². The third-order valence-corrected chi connectivity index (χ3v) is 6.58. The summed E-state index contributed by atoms with van der Waals surface area (Å²) < 4.78 is 5.69. The molecule has 1 fully saturated rings. The Bertz CT molecular complexity index is 1030. The smallest absolute Gasteiger partial charge is 0.251 e. The summed E-state index contributed by atoms with van der Waals surface area (Å²) >= 11 is 0. The van der Waals surface area contributed by atoms with Crippen molar-refractivity contribution in [3.63, 3.8) is 0 Å². The largest absolute Gasteiger partial charge is 0.491 e. The first kappa shape index (κ1) is 22.8. The first-order valence-corrected chi connectivity index (χ1v) is 12.1. The van der Waals surface area contributed by atoms with Crippen LogP contribution in [0.5, 0.6) is 5.75 Å². The van der Waals surface area contributed by atoms with Crippen LogP contribution in [-0.4, -0.2) is 61.8 Å². The lowest BCUT2D eigenvalue weighted by molar-refractivity contribution is 0.0930. The molecule has 3 aliphatic heterocycles. The molecule has 3 aliphatic rings. The fourth-order valence-corrected chi connectivity index (χ4v) is 4.85. The summed E-state index contributed by atoms with van der Waals surface area (Å²) in [5.41, 5.74) is 9.47. The molecular formula is C25H33N7O2. The maximum absolute atomic E-state index is 12.9. The van der Waals surface area contributed by atoms with Gasteiger partial charge in [0, 0.05) is 48.6 Å². The van der Waals surface area contributed by atoms with Crippen LogP contribution in [0.3, 0.4) is 0 Å². The third kappa shape index (κ3) is 4.92. The van der Waals surface area contributed by atoms with Crippen molar-refractivity contribution in [3.8, 4) is 5.75 Å². The molecule has 2 aromatic rings. The first-order chi connectivity index (χ1) is 16.7. The van der Waals surface area contributed by atoms with Crippen LogP contribution < -0.4 is 31.5 Å². The van der Waals surface area contributed by atoms with Crippen LogP contribution in [0, 0.1) is 0 Å². The monoisotopic (exact) mass is 463 g/mol. The van der Waals surface area contributed by atoms with Gasteiger partial charge in [-0.05, 0) is 30.7 Å². The average molecular weight is 464 g/mol. The summed E-state index contributed by atoms with van der Waals surface area (Å²) in [7, 11) is 0. The fraction of sp³-hybridized carbons (Fsp3) is 0.440. The number of anilines is 1. The number of hydrazine groups is 1. The van der Waals surface area contributed by atoms with Gasteiger partial charge in [-0.3, -0.25) is 20.0 Å². The van der Waals surface area contributed by atoms with Crippen molar-refractivity contribution in [2.75, 3.05) is 31.7 Å². The number of aliphatic imine (C=N–C) groups is 1. The van der Waals surface area contributed by atoms with E-state index in [2.05, 4.69) is 43.6 Å². The minimum atomic E-state index is -0.132. The second-order valence-electron chi connectivity index (χ2n) is 8.89. The Balaban J connectivity index is 1.19. The minimum Gasteiger partial charge on any atom is -0.491 e. The molecule has 0 spiro atoms. The van der Waals surface area contributed by atoms with Crippen molar-refractivity contribution in [2.45, 2.75) is 44.2 Å². The molecule has 9 nitrogen and oxygen atoms in total. The van der Waals surface area contributed by atoms with E-state index in [-0.39, 0.29) is 24.3 Å². The van der Waals surface area contributed by atoms with E-state index >= 15 is 0 Å². The number of hydrogen-bond donors (Lipinski definition) is 5. The topological polar surface area (TPSA) is 102 Å². The number of nitrogens with zero attached hydrogens (tertiary/aromatic N) is 2. The molecule has 0 radical (unpaired) electrons. The molecule has 3 unspecified atom stereocenters. The Kier molecular flexibility index (Phi) is 7.05. The molecule has 3 heterocycles. The number of rotatable bonds is 8. The Morgan fingerprint density at radius 2 is 2.12 bits per heavy atom. The molecule has 4 atom stereocenters. The minimum absolute atomic E-state index is 0.104. The summed E-state index contributed by atoms with van der Waals surface area (Å²) in [6, 6.07) is 15.7. The van der Waals surface area contributed by atoms with Gasteiger partial charge in [0.05, 0.1) is 25.0 Å². The maximum atomic E-state index is 12.9. The van der Waals surface area contributed by atoms with E-state index in [0.717, 1.165) is 36.4 Å². The van der Waals surface area contributed by atoms with Crippen LogP contribution in [-0.2, 0) is 0 Å². The van der Waals surface area contributed by atoms with Gasteiger partial charge < -0.3 is 15.4 Å². The third-order valence-electron chi connectivity index (χ3n) is 6.58. The summed E-state index contributed by atoms with van der Waals surface area (Å²) in [6.07, 6.45) is 4.32. The van der Waals surface area contributed by atoms with E-state index in [4.69, 9.17) is 4.74 Å². The zero-order valence-corrected chi connectivity index (χ0v) is 19.5. The predicted octanol–water partition coefficient (Wildman–Crippen LogP) is 1.82. The van der Waals surface area contributed by atoms with E-state index < -0.39 is 0 Å². The van der Waals surface area contributed by atoms with E-state index in [0.29, 0.717) is 31.4 Å². The number of nitrogens with one attached hydrogen (secondary N) is 5. The van der Waals surface area contributed by atoms with Crippen LogP contribution in [0.4, 0.5) is 5.69 Å². The van der Waals surface area contributed by atoms with Crippen LogP contribution >= 0.6 is 0 Å². The molecule has 5 N–H and O–H groups in total. The first-order valence-electron chi connectivity index (χ1n) is 12.1. The summed E-state index contributed by atoms with van der Waals surface area (Å²) in [4.78, 5) is 19.7. The Morgan fingerprint density at radius 3 is 2.97 bits per heavy atom. The average Bonchev–Trinajstić information content (AvgIpc) is 3.48. The van der Waals surface area contributed by atoms with Crippen LogP contribution in [0.2, 0.25) is 0 Å². The fourth-order valence-electron chi connectivity index (χ4n) is 4.85. The second-order valence-corrected chi connectivity index (χ2v) is 8.89. The SMILES string of the molecule is CCCN1C(CNc2cccc(C(=O)N[C@H]3COc4ccccc43)c2)NNC1C1CC=NCN1. The van der Waals surface area contributed by atoms with Crippen molar-refractivity contribution in [1.29, 1.82) is 0 Å². The molecule has 1 amide bonds. The molecule has 2 aromatic carbocycles. The van der Waals surface area contributed by atoms with Gasteiger partial charge in [-0.25, -0.2) is 10.9 Å². The van der Waals surface area contributed by atoms with E-state index in [1.165, 1.54) is 0 Å². The van der Waals surface area contributed by atoms with Crippen molar-refractivity contribution in [3.05, 3.63) is 59.7 Å². The molecular weight excluding hydrogens is 430 g/mol. The highest BCUT2D eigenvalue weighted by atomic mass is 16.5. The molecule has 0 aliphatic carbocycles. The van der Waals surface area contributed by atoms with Crippen LogP contribution in [0.1, 0.15) is 41.7 Å². The zero-order valence-electron chi connectivity index (χ0n) is 19.5. The number of hydrogen-bond acceptors (Lipinski definition) is 8. The number of para-hydroxylation sites is 1. The highest BCUT2D eigenvalue weighted by molar-refractivity contribution is 5.95. The van der Waals surface area contributed by atoms with Gasteiger partial charge in [0.25, 0.3) is 5.91 Å². The zero-order chi connectivity index (χ0) is 23.3. The number of benzene rings is 2. The van der Waals surface area contributed by atoms with Gasteiger partial charge in [0.1, 0.15) is 12.4 Å². The highest BCUT2D eigenvalue weighted by Crippen LogP contribution is 2.31. The van der Waals surface area contributed by atoms with Crippen LogP contribution in [0.15, 0.2) is 53.5 Å². The standard InChI is InChI=1S/C25H33N7O2/c1-2-12-32-23(30-31-24(32)20-10-11-26-16-28-20)14-27-18-7-5-6-17(13-18)25(33)29-21-15-34-22-9-4-3-8-19(21)22/h3-9,11,13,20-21,23-24,27-28,30-31H,2,10,12,14-16H2,1H3,(H,29,33)/t20?,21-,23?,24?/m0/s1. The van der Waals surface area contributed by atoms with E-state index in [9.17, 15) is 4.79 Å². The van der Waals surface area contributed by atoms with Crippen molar-refractivity contribution in [1.82, 2.24) is 26.4 Å². The summed E-state index contributed by atoms with van der Waals surface area (Å²) in [6.45, 7) is 5.02. The normalized spacial score (nSPS) is 26.1. The number of ether oxygens (including phenoxy) is 1. The summed E-state index contributed by atoms with van der Waals surface area (Å²) in [5, 5.41) is 10.1. The molecule has 180 valence electrons. The highest BCUT2D eigenvalue weighted by Gasteiger charge is 2.37. The Labute approximate surface area is 200 Å². The molecule has 0 bridgehead atoms. The van der Waals surface area contributed by atoms with Crippen LogP contribution in [0.25, 0.3) is 0 Å². The Morgan fingerprint density at radius 1 is 1.21 bits per heavy atom. The van der Waals surface area contributed by atoms with Gasteiger partial charge in [0.2, 0.25) is 0 Å². The quantitative estimate of drug-likeness (QED) is 0.407. The van der Waals surface area contributed by atoms with Gasteiger partial charge in [-0.2, -0.15) is 0 Å². The predicted molar refractivity (Wildman–Crippen MR) is 133 cm³/mol. The molecule has 1 saturated heterocycles. The van der Waals surface area contributed by atoms with Crippen molar-refractivity contribution < 1.29 is 9.53 Å². The summed E-state index contributed by atoms with van der Waals surface area (Å²) in [5.74, 6) is 0.735. The van der Waals surface area contributed by atoms with Gasteiger partial charge in [-0.15, -0.1) is 0 Å². The second kappa shape index (κ2) is 10.5. The number of amides is 1. The Hall–Kier alpha value is -2.98. The lowest BCUT2D eigenvalue weighted by atomic mass is 10.1. The number of carbonyl (C=O) groups is 1. The molecule has 0 saturated carbocycles.